The van der Waals surface area contributed by atoms with E-state index in [-0.39, 0.29) is 37.5 Å². The third-order valence-electron chi connectivity index (χ3n) is 10.3. The Hall–Kier alpha value is -2.89. The summed E-state index contributed by atoms with van der Waals surface area (Å²) >= 11 is 0. The lowest BCUT2D eigenvalue weighted by atomic mass is 10.0. The summed E-state index contributed by atoms with van der Waals surface area (Å²) in [7, 11) is 0. The predicted octanol–water partition coefficient (Wildman–Crippen LogP) is 15.7. The van der Waals surface area contributed by atoms with Gasteiger partial charge in [-0.3, -0.25) is 14.4 Å². The van der Waals surface area contributed by atoms with E-state index < -0.39 is 6.10 Å². The number of esters is 3. The Bertz CT molecular complexity index is 1070. The van der Waals surface area contributed by atoms with Gasteiger partial charge < -0.3 is 14.2 Å². The first-order chi connectivity index (χ1) is 28.5. The van der Waals surface area contributed by atoms with E-state index in [1.807, 2.05) is 0 Å². The Labute approximate surface area is 358 Å². The van der Waals surface area contributed by atoms with Gasteiger partial charge in [0.15, 0.2) is 6.10 Å². The quantitative estimate of drug-likeness (QED) is 0.0264. The summed E-state index contributed by atoms with van der Waals surface area (Å²) in [6.07, 6.45) is 56.6. The lowest BCUT2D eigenvalue weighted by molar-refractivity contribution is -0.167. The maximum absolute atomic E-state index is 12.7. The zero-order valence-electron chi connectivity index (χ0n) is 38.0. The van der Waals surface area contributed by atoms with Crippen LogP contribution in [0.15, 0.2) is 60.8 Å². The van der Waals surface area contributed by atoms with E-state index in [4.69, 9.17) is 14.2 Å². The van der Waals surface area contributed by atoms with Crippen molar-refractivity contribution in [3.8, 4) is 0 Å². The highest BCUT2D eigenvalue weighted by Crippen LogP contribution is 2.15. The number of rotatable bonds is 43. The van der Waals surface area contributed by atoms with Crippen LogP contribution in [0.5, 0.6) is 0 Å². The van der Waals surface area contributed by atoms with Gasteiger partial charge in [-0.05, 0) is 57.8 Å². The summed E-state index contributed by atoms with van der Waals surface area (Å²) in [5.41, 5.74) is 0. The highest BCUT2D eigenvalue weighted by molar-refractivity contribution is 5.71. The van der Waals surface area contributed by atoms with Crippen molar-refractivity contribution in [3.05, 3.63) is 60.8 Å². The van der Waals surface area contributed by atoms with Gasteiger partial charge >= 0.3 is 17.9 Å². The highest BCUT2D eigenvalue weighted by atomic mass is 16.6. The fourth-order valence-electron chi connectivity index (χ4n) is 6.65. The maximum atomic E-state index is 12.7. The van der Waals surface area contributed by atoms with Crippen molar-refractivity contribution in [2.24, 2.45) is 0 Å². The standard InChI is InChI=1S/C52H90O6/c1-4-7-10-13-16-18-20-22-24-26-28-30-32-34-36-39-42-45-51(54)57-48-49(47-56-50(53)44-41-38-15-12-9-6-3)58-52(55)46-43-40-37-35-33-31-29-27-25-23-21-19-17-14-11-8-5-2/h7,10,16,18,22,24,28,30,34,36,49H,4-6,8-9,11-15,17,19-21,23,25-27,29,31-33,35,37-48H2,1-3H3/b10-7-,18-16-,24-22-,30-28-,36-34-. The SMILES string of the molecule is CC/C=C\C/C=C\C/C=C\C/C=C\C/C=C\CCCC(=O)OCC(COC(=O)CCCCCCCC)OC(=O)CCCCCCCCCCCCCCCCCCC. The number of carbonyl (C=O) groups excluding carboxylic acids is 3. The Kier molecular flexibility index (Phi) is 44.5. The molecule has 0 saturated heterocycles. The second kappa shape index (κ2) is 46.8. The zero-order chi connectivity index (χ0) is 42.3. The fourth-order valence-corrected chi connectivity index (χ4v) is 6.65. The van der Waals surface area contributed by atoms with Gasteiger partial charge in [0.25, 0.3) is 0 Å². The summed E-state index contributed by atoms with van der Waals surface area (Å²) in [6.45, 7) is 6.42. The Morgan fingerprint density at radius 1 is 0.362 bits per heavy atom. The van der Waals surface area contributed by atoms with E-state index in [1.54, 1.807) is 0 Å². The first-order valence-electron chi connectivity index (χ1n) is 24.3. The molecule has 0 N–H and O–H groups in total. The van der Waals surface area contributed by atoms with Crippen LogP contribution in [0.2, 0.25) is 0 Å². The Morgan fingerprint density at radius 3 is 1.05 bits per heavy atom. The molecule has 1 atom stereocenters. The minimum absolute atomic E-state index is 0.0905. The second-order valence-corrected chi connectivity index (χ2v) is 16.0. The highest BCUT2D eigenvalue weighted by Gasteiger charge is 2.19. The molecule has 6 nitrogen and oxygen atoms in total. The molecule has 0 aliphatic rings. The van der Waals surface area contributed by atoms with Crippen LogP contribution in [-0.2, 0) is 28.6 Å². The summed E-state index contributed by atoms with van der Waals surface area (Å²) < 4.78 is 16.6. The largest absolute Gasteiger partial charge is 0.462 e. The van der Waals surface area contributed by atoms with Gasteiger partial charge in [0.2, 0.25) is 0 Å². The minimum Gasteiger partial charge on any atom is -0.462 e. The molecule has 0 aliphatic carbocycles. The minimum atomic E-state index is -0.790. The molecule has 0 radical (unpaired) electrons. The molecule has 0 heterocycles. The number of hydrogen-bond donors (Lipinski definition) is 0. The molecule has 0 saturated carbocycles. The van der Waals surface area contributed by atoms with Crippen molar-refractivity contribution in [3.63, 3.8) is 0 Å². The van der Waals surface area contributed by atoms with Gasteiger partial charge in [-0.15, -0.1) is 0 Å². The monoisotopic (exact) mass is 811 g/mol. The van der Waals surface area contributed by atoms with Crippen LogP contribution in [0.4, 0.5) is 0 Å². The number of carbonyl (C=O) groups is 3. The van der Waals surface area contributed by atoms with Crippen molar-refractivity contribution in [2.75, 3.05) is 13.2 Å². The topological polar surface area (TPSA) is 78.9 Å². The maximum Gasteiger partial charge on any atom is 0.306 e. The zero-order valence-corrected chi connectivity index (χ0v) is 38.0. The number of ether oxygens (including phenoxy) is 3. The van der Waals surface area contributed by atoms with Gasteiger partial charge in [0, 0.05) is 19.3 Å². The van der Waals surface area contributed by atoms with Crippen LogP contribution in [0.25, 0.3) is 0 Å². The van der Waals surface area contributed by atoms with Crippen LogP contribution in [0.3, 0.4) is 0 Å². The van der Waals surface area contributed by atoms with Gasteiger partial charge in [-0.2, -0.15) is 0 Å². The van der Waals surface area contributed by atoms with Crippen LogP contribution in [0.1, 0.15) is 233 Å². The second-order valence-electron chi connectivity index (χ2n) is 16.0. The molecule has 0 bridgehead atoms. The lowest BCUT2D eigenvalue weighted by Gasteiger charge is -2.18. The average molecular weight is 811 g/mol. The summed E-state index contributed by atoms with van der Waals surface area (Å²) in [4.78, 5) is 37.6. The lowest BCUT2D eigenvalue weighted by Crippen LogP contribution is -2.30. The molecule has 0 rings (SSSR count). The Balaban J connectivity index is 4.31. The fraction of sp³-hybridized carbons (Fsp3) is 0.750. The van der Waals surface area contributed by atoms with Crippen molar-refractivity contribution in [2.45, 2.75) is 239 Å². The number of unbranched alkanes of at least 4 members (excludes halogenated alkanes) is 22. The third kappa shape index (κ3) is 44.2. The van der Waals surface area contributed by atoms with E-state index in [0.717, 1.165) is 77.0 Å². The predicted molar refractivity (Wildman–Crippen MR) is 247 cm³/mol. The third-order valence-corrected chi connectivity index (χ3v) is 10.3. The van der Waals surface area contributed by atoms with Gasteiger partial charge in [-0.25, -0.2) is 0 Å². The molecule has 334 valence electrons. The molecule has 0 amide bonds. The van der Waals surface area contributed by atoms with Crippen LogP contribution in [-0.4, -0.2) is 37.2 Å². The van der Waals surface area contributed by atoms with E-state index in [0.29, 0.717) is 19.3 Å². The van der Waals surface area contributed by atoms with Crippen molar-refractivity contribution < 1.29 is 28.6 Å². The molecule has 0 aliphatic heterocycles. The summed E-state index contributed by atoms with van der Waals surface area (Å²) in [5.74, 6) is -0.958. The van der Waals surface area contributed by atoms with Crippen molar-refractivity contribution in [1.29, 1.82) is 0 Å². The molecule has 6 heteroatoms. The average Bonchev–Trinajstić information content (AvgIpc) is 3.22. The van der Waals surface area contributed by atoms with E-state index in [1.165, 1.54) is 109 Å². The smallest absolute Gasteiger partial charge is 0.306 e. The molecule has 1 unspecified atom stereocenters. The van der Waals surface area contributed by atoms with E-state index in [2.05, 4.69) is 81.5 Å². The molecule has 0 spiro atoms. The molecular formula is C52H90O6. The first-order valence-corrected chi connectivity index (χ1v) is 24.3. The molecular weight excluding hydrogens is 721 g/mol. The van der Waals surface area contributed by atoms with Crippen LogP contribution >= 0.6 is 0 Å². The Morgan fingerprint density at radius 2 is 0.672 bits per heavy atom. The van der Waals surface area contributed by atoms with E-state index >= 15 is 0 Å². The number of allylic oxidation sites excluding steroid dienone is 10. The first kappa shape index (κ1) is 55.1. The van der Waals surface area contributed by atoms with Gasteiger partial charge in [0.05, 0.1) is 0 Å². The molecule has 0 aromatic carbocycles. The molecule has 58 heavy (non-hydrogen) atoms. The van der Waals surface area contributed by atoms with Gasteiger partial charge in [0.1, 0.15) is 13.2 Å². The van der Waals surface area contributed by atoms with Crippen molar-refractivity contribution >= 4 is 17.9 Å². The number of hydrogen-bond acceptors (Lipinski definition) is 6. The summed E-state index contributed by atoms with van der Waals surface area (Å²) in [6, 6.07) is 0. The van der Waals surface area contributed by atoms with Crippen molar-refractivity contribution in [1.82, 2.24) is 0 Å². The molecule has 0 fully saturated rings. The summed E-state index contributed by atoms with van der Waals surface area (Å²) in [5, 5.41) is 0. The van der Waals surface area contributed by atoms with Gasteiger partial charge in [-0.1, -0.05) is 216 Å². The molecule has 0 aromatic heterocycles. The normalized spacial score (nSPS) is 12.5. The van der Waals surface area contributed by atoms with Crippen LogP contribution in [0, 0.1) is 0 Å². The van der Waals surface area contributed by atoms with Crippen LogP contribution < -0.4 is 0 Å². The van der Waals surface area contributed by atoms with E-state index in [9.17, 15) is 14.4 Å². The molecule has 0 aromatic rings.